The van der Waals surface area contributed by atoms with Gasteiger partial charge in [-0.15, -0.1) is 5.10 Å². The molecule has 5 rings (SSSR count). The minimum absolute atomic E-state index is 0.574. The zero-order valence-electron chi connectivity index (χ0n) is 19.8. The van der Waals surface area contributed by atoms with Gasteiger partial charge < -0.3 is 5.11 Å². The number of hydrogen-bond donors (Lipinski definition) is 1. The second-order valence-electron chi connectivity index (χ2n) is 9.25. The third-order valence-electron chi connectivity index (χ3n) is 6.46. The van der Waals surface area contributed by atoms with Gasteiger partial charge in [0.2, 0.25) is 0 Å². The second-order valence-corrected chi connectivity index (χ2v) is 9.25. The van der Waals surface area contributed by atoms with Crippen LogP contribution in [0.2, 0.25) is 0 Å². The lowest BCUT2D eigenvalue weighted by molar-refractivity contribution is 0.0857. The molecule has 2 aromatic carbocycles. The van der Waals surface area contributed by atoms with Crippen molar-refractivity contribution in [1.82, 2.24) is 14.9 Å². The number of unbranched alkanes of at least 4 members (excludes halogenated alkanes) is 1. The quantitative estimate of drug-likeness (QED) is 0.493. The van der Waals surface area contributed by atoms with Crippen LogP contribution in [0.25, 0.3) is 22.5 Å². The van der Waals surface area contributed by atoms with Gasteiger partial charge >= 0.3 is 0 Å². The Morgan fingerprint density at radius 3 is 2.15 bits per heavy atom. The zero-order chi connectivity index (χ0) is 23.5. The predicted molar refractivity (Wildman–Crippen MR) is 134 cm³/mol. The first-order valence-electron chi connectivity index (χ1n) is 11.9. The highest BCUT2D eigenvalue weighted by atomic mass is 16.3. The normalized spacial score (nSPS) is 17.6. The van der Waals surface area contributed by atoms with E-state index in [1.54, 1.807) is 0 Å². The predicted octanol–water partition coefficient (Wildman–Crippen LogP) is 5.27. The molecule has 0 saturated heterocycles. The van der Waals surface area contributed by atoms with Crippen LogP contribution in [0.1, 0.15) is 47.9 Å². The van der Waals surface area contributed by atoms with Crippen molar-refractivity contribution in [1.29, 1.82) is 0 Å². The minimum Gasteiger partial charge on any atom is -0.385 e. The maximum absolute atomic E-state index is 11.0. The molecular weight excluding hydrogens is 424 g/mol. The van der Waals surface area contributed by atoms with Crippen molar-refractivity contribution in [2.75, 3.05) is 19.6 Å². The van der Waals surface area contributed by atoms with E-state index in [-0.39, 0.29) is 0 Å². The summed E-state index contributed by atoms with van der Waals surface area (Å²) in [6.45, 7) is 6.96. The molecule has 7 heteroatoms. The number of fused-ring (bicyclic) bond motifs is 1. The molecule has 0 amide bonds. The topological polar surface area (TPSA) is 86.3 Å². The highest BCUT2D eigenvalue weighted by Crippen LogP contribution is 2.34. The smallest absolute Gasteiger partial charge is 0.110 e. The molecule has 2 aliphatic heterocycles. The van der Waals surface area contributed by atoms with Crippen molar-refractivity contribution in [3.8, 4) is 22.5 Å². The van der Waals surface area contributed by atoms with E-state index in [0.29, 0.717) is 25.3 Å². The lowest BCUT2D eigenvalue weighted by Gasteiger charge is -2.31. The van der Waals surface area contributed by atoms with Crippen molar-refractivity contribution >= 4 is 5.71 Å². The van der Waals surface area contributed by atoms with Gasteiger partial charge in [-0.1, -0.05) is 59.7 Å². The summed E-state index contributed by atoms with van der Waals surface area (Å²) in [4.78, 5) is 12.4. The van der Waals surface area contributed by atoms with Crippen LogP contribution in [-0.4, -0.2) is 45.3 Å². The summed E-state index contributed by atoms with van der Waals surface area (Å²) < 4.78 is 0. The molecule has 0 radical (unpaired) electrons. The third-order valence-corrected chi connectivity index (χ3v) is 6.46. The van der Waals surface area contributed by atoms with E-state index in [0.717, 1.165) is 59.7 Å². The van der Waals surface area contributed by atoms with Crippen LogP contribution in [-0.2, 0) is 6.54 Å². The standard InChI is InChI=1S/C27H30N6O/c1-18-6-10-20(11-7-18)25-26(21-12-8-19(2)9-13-21)30-27-23(29-25)16-33(17-24(27)34)14-4-3-5-22-15-28-32-31-22/h6-13,24,34H,3-5,14-17H2,1-2H3. The molecule has 0 spiro atoms. The van der Waals surface area contributed by atoms with Crippen LogP contribution < -0.4 is 0 Å². The Balaban J connectivity index is 1.41. The fraction of sp³-hybridized carbons (Fsp3) is 0.370. The first-order chi connectivity index (χ1) is 16.6. The zero-order valence-corrected chi connectivity index (χ0v) is 19.8. The van der Waals surface area contributed by atoms with Gasteiger partial charge in [-0.05, 0) is 44.9 Å². The molecule has 0 aliphatic carbocycles. The van der Waals surface area contributed by atoms with Crippen LogP contribution in [0.4, 0.5) is 0 Å². The van der Waals surface area contributed by atoms with E-state index in [4.69, 9.17) is 9.97 Å². The summed E-state index contributed by atoms with van der Waals surface area (Å²) in [5, 5.41) is 22.6. The van der Waals surface area contributed by atoms with Crippen molar-refractivity contribution in [3.05, 3.63) is 71.0 Å². The molecule has 0 bridgehead atoms. The summed E-state index contributed by atoms with van der Waals surface area (Å²) in [7, 11) is 0. The molecule has 1 atom stereocenters. The summed E-state index contributed by atoms with van der Waals surface area (Å²) in [5.41, 5.74) is 8.77. The number of β-amino-alcohol motifs (C(OH)–C–C–N with tert-alkyl or cyclic N) is 1. The number of aliphatic hydroxyl groups excluding tert-OH is 1. The van der Waals surface area contributed by atoms with Gasteiger partial charge in [0.1, 0.15) is 12.6 Å². The number of benzene rings is 2. The molecule has 1 aromatic heterocycles. The van der Waals surface area contributed by atoms with Crippen LogP contribution >= 0.6 is 0 Å². The van der Waals surface area contributed by atoms with Crippen molar-refractivity contribution < 1.29 is 5.11 Å². The van der Waals surface area contributed by atoms with Gasteiger partial charge in [-0.2, -0.15) is 5.11 Å². The van der Waals surface area contributed by atoms with Crippen LogP contribution in [0.5, 0.6) is 0 Å². The fourth-order valence-corrected chi connectivity index (χ4v) is 4.50. The van der Waals surface area contributed by atoms with Crippen LogP contribution in [0.15, 0.2) is 64.0 Å². The molecule has 2 aliphatic rings. The van der Waals surface area contributed by atoms with Crippen LogP contribution in [0, 0.1) is 13.8 Å². The average molecular weight is 455 g/mol. The molecule has 174 valence electrons. The molecule has 7 nitrogen and oxygen atoms in total. The highest BCUT2D eigenvalue weighted by molar-refractivity contribution is 5.87. The molecule has 3 aromatic rings. The Morgan fingerprint density at radius 2 is 1.53 bits per heavy atom. The van der Waals surface area contributed by atoms with E-state index in [9.17, 15) is 5.11 Å². The Bertz CT molecular complexity index is 1220. The van der Waals surface area contributed by atoms with Crippen molar-refractivity contribution in [2.24, 2.45) is 15.4 Å². The fourth-order valence-electron chi connectivity index (χ4n) is 4.50. The summed E-state index contributed by atoms with van der Waals surface area (Å²) in [6.07, 6.45) is 2.35. The van der Waals surface area contributed by atoms with Gasteiger partial charge in [-0.3, -0.25) is 4.90 Å². The van der Waals surface area contributed by atoms with E-state index >= 15 is 0 Å². The van der Waals surface area contributed by atoms with Crippen molar-refractivity contribution in [3.63, 3.8) is 0 Å². The lowest BCUT2D eigenvalue weighted by Crippen LogP contribution is -2.36. The summed E-state index contributed by atoms with van der Waals surface area (Å²) >= 11 is 0. The monoisotopic (exact) mass is 454 g/mol. The van der Waals surface area contributed by atoms with Gasteiger partial charge in [0.05, 0.1) is 28.5 Å². The Morgan fingerprint density at radius 1 is 0.882 bits per heavy atom. The van der Waals surface area contributed by atoms with E-state index < -0.39 is 6.10 Å². The van der Waals surface area contributed by atoms with Gasteiger partial charge in [-0.25, -0.2) is 9.97 Å². The number of nitrogens with zero attached hydrogens (tertiary/aromatic N) is 6. The van der Waals surface area contributed by atoms with Gasteiger partial charge in [0.15, 0.2) is 0 Å². The molecule has 1 N–H and O–H groups in total. The molecule has 34 heavy (non-hydrogen) atoms. The maximum atomic E-state index is 11.0. The number of aryl methyl sites for hydroxylation is 2. The lowest BCUT2D eigenvalue weighted by atomic mass is 9.99. The molecule has 3 heterocycles. The molecule has 0 saturated carbocycles. The maximum Gasteiger partial charge on any atom is 0.110 e. The first-order valence-corrected chi connectivity index (χ1v) is 11.9. The summed E-state index contributed by atoms with van der Waals surface area (Å²) in [6, 6.07) is 16.8. The van der Waals surface area contributed by atoms with Gasteiger partial charge in [0.25, 0.3) is 0 Å². The number of rotatable bonds is 7. The molecule has 0 fully saturated rings. The number of aromatic nitrogens is 2. The SMILES string of the molecule is Cc1ccc(-c2nc3c(nc2-c2ccc(C)cc2)C(O)CN(CCCCC2=NN=NC2)C3)cc1. The number of aliphatic hydroxyl groups is 1. The summed E-state index contributed by atoms with van der Waals surface area (Å²) in [5.74, 6) is 0. The molecular formula is C27H30N6O. The van der Waals surface area contributed by atoms with E-state index in [1.165, 1.54) is 11.1 Å². The average Bonchev–Trinajstić information content (AvgIpc) is 3.36. The highest BCUT2D eigenvalue weighted by Gasteiger charge is 2.28. The first kappa shape index (κ1) is 22.5. The van der Waals surface area contributed by atoms with E-state index in [1.807, 2.05) is 0 Å². The van der Waals surface area contributed by atoms with Crippen molar-refractivity contribution in [2.45, 2.75) is 45.8 Å². The van der Waals surface area contributed by atoms with Gasteiger partial charge in [0, 0.05) is 24.2 Å². The minimum atomic E-state index is -0.649. The third kappa shape index (κ3) is 4.95. The molecule has 1 unspecified atom stereocenters. The Labute approximate surface area is 200 Å². The van der Waals surface area contributed by atoms with Crippen LogP contribution in [0.3, 0.4) is 0 Å². The Kier molecular flexibility index (Phi) is 6.56. The Hall–Kier alpha value is -3.29. The van der Waals surface area contributed by atoms with E-state index in [2.05, 4.69) is 82.7 Å². The second kappa shape index (κ2) is 9.91. The number of hydrogen-bond acceptors (Lipinski definition) is 7. The largest absolute Gasteiger partial charge is 0.385 e.